The van der Waals surface area contributed by atoms with Gasteiger partial charge >= 0.3 is 13.7 Å². The highest BCUT2D eigenvalue weighted by molar-refractivity contribution is 7.52. The molecular formula is C29H42FN6O8P. The van der Waals surface area contributed by atoms with Gasteiger partial charge in [0.2, 0.25) is 11.8 Å². The minimum atomic E-state index is -4.33. The maximum Gasteiger partial charge on any atom is 0.459 e. The highest BCUT2D eigenvalue weighted by Gasteiger charge is 2.40. The normalized spacial score (nSPS) is 18.1. The summed E-state index contributed by atoms with van der Waals surface area (Å²) in [5, 5.41) is 12.9. The number of carbonyl (C=O) groups excluding carboxylic acids is 1. The lowest BCUT2D eigenvalue weighted by Crippen LogP contribution is -2.44. The Hall–Kier alpha value is -3.36. The van der Waals surface area contributed by atoms with E-state index in [9.17, 15) is 18.9 Å². The van der Waals surface area contributed by atoms with Gasteiger partial charge in [-0.1, -0.05) is 31.5 Å². The maximum atomic E-state index is 14.8. The minimum absolute atomic E-state index is 0.0402. The molecule has 4 N–H and O–H groups in total. The summed E-state index contributed by atoms with van der Waals surface area (Å²) in [5.74, 6) is -0.357. The van der Waals surface area contributed by atoms with E-state index in [2.05, 4.69) is 20.0 Å². The number of nitrogen functional groups attached to an aromatic ring is 1. The van der Waals surface area contributed by atoms with Gasteiger partial charge in [0.25, 0.3) is 0 Å². The number of aliphatic hydroxyl groups excluding tert-OH is 1. The number of anilines is 1. The number of hydrogen-bond acceptors (Lipinski definition) is 12. The van der Waals surface area contributed by atoms with Crippen LogP contribution in [-0.4, -0.2) is 74.8 Å². The summed E-state index contributed by atoms with van der Waals surface area (Å²) >= 11 is 0. The van der Waals surface area contributed by atoms with Gasteiger partial charge in [-0.25, -0.2) is 13.9 Å². The van der Waals surface area contributed by atoms with Gasteiger partial charge < -0.3 is 29.6 Å². The second-order valence-corrected chi connectivity index (χ2v) is 12.5. The molecule has 0 spiro atoms. The van der Waals surface area contributed by atoms with Crippen LogP contribution in [0.25, 0.3) is 11.2 Å². The molecule has 0 radical (unpaired) electrons. The number of imidazole rings is 1. The third-order valence-corrected chi connectivity index (χ3v) is 9.06. The van der Waals surface area contributed by atoms with Crippen LogP contribution in [0.2, 0.25) is 0 Å². The number of ether oxygens (including phenoxy) is 3. The van der Waals surface area contributed by atoms with Crippen LogP contribution >= 0.6 is 7.75 Å². The molecule has 0 amide bonds. The average molecular weight is 653 g/mol. The molecule has 1 aliphatic carbocycles. The molecule has 1 aromatic carbocycles. The summed E-state index contributed by atoms with van der Waals surface area (Å²) < 4.78 is 59.1. The first kappa shape index (κ1) is 34.5. The molecule has 1 unspecified atom stereocenters. The fraction of sp³-hybridized carbons (Fsp3) is 0.586. The van der Waals surface area contributed by atoms with Crippen LogP contribution < -0.4 is 20.1 Å². The molecule has 2 aromatic heterocycles. The Morgan fingerprint density at radius 1 is 1.22 bits per heavy atom. The molecule has 4 atom stereocenters. The quantitative estimate of drug-likeness (QED) is 0.137. The number of fused-ring (bicyclic) bond motifs is 1. The molecule has 1 fully saturated rings. The molecule has 0 bridgehead atoms. The lowest BCUT2D eigenvalue weighted by Gasteiger charge is -2.35. The van der Waals surface area contributed by atoms with E-state index >= 15 is 0 Å². The van der Waals surface area contributed by atoms with Crippen LogP contribution in [0.4, 0.5) is 10.3 Å². The molecule has 3 aromatic rings. The van der Waals surface area contributed by atoms with E-state index < -0.39 is 51.5 Å². The molecule has 1 saturated carbocycles. The van der Waals surface area contributed by atoms with Crippen molar-refractivity contribution < 1.29 is 42.1 Å². The first-order valence-corrected chi connectivity index (χ1v) is 16.6. The monoisotopic (exact) mass is 652 g/mol. The molecule has 14 nitrogen and oxygen atoms in total. The molecule has 0 aliphatic heterocycles. The zero-order valence-corrected chi connectivity index (χ0v) is 26.7. The lowest BCUT2D eigenvalue weighted by atomic mass is 9.98. The molecular weight excluding hydrogens is 610 g/mol. The largest absolute Gasteiger partial charge is 0.476 e. The summed E-state index contributed by atoms with van der Waals surface area (Å²) in [6.07, 6.45) is 4.54. The molecule has 0 saturated heterocycles. The van der Waals surface area contributed by atoms with E-state index in [0.29, 0.717) is 6.61 Å². The highest BCUT2D eigenvalue weighted by atomic mass is 31.2. The summed E-state index contributed by atoms with van der Waals surface area (Å²) in [6.45, 7) is 2.94. The second kappa shape index (κ2) is 15.8. The zero-order chi connectivity index (χ0) is 32.5. The van der Waals surface area contributed by atoms with Crippen molar-refractivity contribution in [3.8, 4) is 11.6 Å². The van der Waals surface area contributed by atoms with Crippen molar-refractivity contribution in [1.29, 1.82) is 0 Å². The van der Waals surface area contributed by atoms with Crippen molar-refractivity contribution in [3.05, 3.63) is 36.7 Å². The van der Waals surface area contributed by atoms with Crippen LogP contribution in [0.1, 0.15) is 65.5 Å². The zero-order valence-electron chi connectivity index (χ0n) is 25.8. The second-order valence-electron chi connectivity index (χ2n) is 10.8. The van der Waals surface area contributed by atoms with Crippen LogP contribution in [0, 0.1) is 0 Å². The number of rotatable bonds is 17. The number of esters is 1. The van der Waals surface area contributed by atoms with Gasteiger partial charge in [-0.3, -0.25) is 13.9 Å². The number of benzene rings is 1. The number of aliphatic hydroxyl groups is 1. The fourth-order valence-electron chi connectivity index (χ4n) is 4.86. The third kappa shape index (κ3) is 8.88. The van der Waals surface area contributed by atoms with Gasteiger partial charge in [0.1, 0.15) is 30.2 Å². The fourth-order valence-corrected chi connectivity index (χ4v) is 6.43. The van der Waals surface area contributed by atoms with E-state index in [-0.39, 0.29) is 41.3 Å². The summed E-state index contributed by atoms with van der Waals surface area (Å²) in [4.78, 5) is 25.4. The van der Waals surface area contributed by atoms with Gasteiger partial charge in [0.15, 0.2) is 17.4 Å². The molecule has 16 heteroatoms. The smallest absolute Gasteiger partial charge is 0.459 e. The Morgan fingerprint density at radius 3 is 2.60 bits per heavy atom. The predicted molar refractivity (Wildman–Crippen MR) is 163 cm³/mol. The van der Waals surface area contributed by atoms with Crippen LogP contribution in [-0.2, 0) is 23.4 Å². The Balaban J connectivity index is 1.55. The predicted octanol–water partition coefficient (Wildman–Crippen LogP) is 4.49. The number of aromatic nitrogens is 4. The average Bonchev–Trinajstić information content (AvgIpc) is 3.46. The van der Waals surface area contributed by atoms with Gasteiger partial charge in [0.05, 0.1) is 26.1 Å². The summed E-state index contributed by atoms with van der Waals surface area (Å²) in [7, 11) is -4.33. The van der Waals surface area contributed by atoms with E-state index in [1.54, 1.807) is 44.2 Å². The van der Waals surface area contributed by atoms with E-state index in [4.69, 9.17) is 29.0 Å². The minimum Gasteiger partial charge on any atom is -0.476 e. The standard InChI is InChI=1S/C29H42FN6O8P/c1-4-29(17-30,43-23(16-37)36-19-32-24-25(36)33-28(31)34-26(24)40-5-2)18-41-45(39,44-22-14-10-7-11-15-22)35-20(3)27(38)42-21-12-8-6-9-13-21/h7,10-11,14-15,19-21,23,37H,4-6,8-9,12-13,16-18H2,1-3H3,(H,35,39)(H2,31,33,34)/t20-,23+,29+,45?/m0/s1. The highest BCUT2D eigenvalue weighted by Crippen LogP contribution is 2.46. The van der Waals surface area contributed by atoms with Crippen molar-refractivity contribution in [3.63, 3.8) is 0 Å². The van der Waals surface area contributed by atoms with Crippen molar-refractivity contribution in [2.45, 2.75) is 83.3 Å². The first-order chi connectivity index (χ1) is 21.6. The number of nitrogens with zero attached hydrogens (tertiary/aromatic N) is 4. The number of nitrogens with one attached hydrogen (secondary N) is 1. The topological polar surface area (TPSA) is 182 Å². The van der Waals surface area contributed by atoms with E-state index in [1.165, 1.54) is 17.8 Å². The molecule has 4 rings (SSSR count). The van der Waals surface area contributed by atoms with Crippen molar-refractivity contribution in [2.24, 2.45) is 0 Å². The Labute approximate surface area is 261 Å². The van der Waals surface area contributed by atoms with Gasteiger partial charge in [-0.2, -0.15) is 15.1 Å². The maximum absolute atomic E-state index is 14.8. The number of halogens is 1. The van der Waals surface area contributed by atoms with Crippen LogP contribution in [0.5, 0.6) is 11.6 Å². The van der Waals surface area contributed by atoms with Crippen molar-refractivity contribution >= 4 is 30.8 Å². The Morgan fingerprint density at radius 2 is 1.96 bits per heavy atom. The summed E-state index contributed by atoms with van der Waals surface area (Å²) in [6, 6.07) is 7.16. The lowest BCUT2D eigenvalue weighted by molar-refractivity contribution is -0.166. The van der Waals surface area contributed by atoms with Crippen LogP contribution in [0.3, 0.4) is 0 Å². The number of carbonyl (C=O) groups is 1. The van der Waals surface area contributed by atoms with Crippen molar-refractivity contribution in [1.82, 2.24) is 24.6 Å². The number of nitrogens with two attached hydrogens (primary N) is 1. The van der Waals surface area contributed by atoms with Gasteiger partial charge in [-0.15, -0.1) is 0 Å². The third-order valence-electron chi connectivity index (χ3n) is 7.43. The number of para-hydroxylation sites is 1. The van der Waals surface area contributed by atoms with E-state index in [0.717, 1.165) is 32.1 Å². The van der Waals surface area contributed by atoms with Gasteiger partial charge in [0, 0.05) is 0 Å². The Kier molecular flexibility index (Phi) is 12.1. The molecule has 45 heavy (non-hydrogen) atoms. The van der Waals surface area contributed by atoms with Crippen molar-refractivity contribution in [2.75, 3.05) is 32.2 Å². The number of hydrogen-bond donors (Lipinski definition) is 3. The SMILES string of the molecule is CCOc1nc(N)nc2c1ncn2[C@@H](CO)O[C@](CC)(CF)COP(=O)(N[C@@H](C)C(=O)OC1CCCCC1)Oc1ccccc1. The van der Waals surface area contributed by atoms with Gasteiger partial charge in [-0.05, 0) is 58.1 Å². The summed E-state index contributed by atoms with van der Waals surface area (Å²) in [5.41, 5.74) is 4.61. The molecule has 2 heterocycles. The first-order valence-electron chi connectivity index (χ1n) is 15.1. The molecule has 1 aliphatic rings. The molecule has 248 valence electrons. The number of alkyl halides is 1. The van der Waals surface area contributed by atoms with Crippen LogP contribution in [0.15, 0.2) is 36.7 Å². The van der Waals surface area contributed by atoms with E-state index in [1.807, 2.05) is 0 Å². The Bertz CT molecular complexity index is 1440.